The number of halogens is 1. The second-order valence-electron chi connectivity index (χ2n) is 3.68. The van der Waals surface area contributed by atoms with Gasteiger partial charge < -0.3 is 10.1 Å². The highest BCUT2D eigenvalue weighted by molar-refractivity contribution is 14.1. The quantitative estimate of drug-likeness (QED) is 0.853. The van der Waals surface area contributed by atoms with Crippen LogP contribution in [-0.4, -0.2) is 7.11 Å². The van der Waals surface area contributed by atoms with E-state index in [-0.39, 0.29) is 0 Å². The summed E-state index contributed by atoms with van der Waals surface area (Å²) in [6, 6.07) is 16.4. The lowest BCUT2D eigenvalue weighted by atomic mass is 10.2. The summed E-state index contributed by atoms with van der Waals surface area (Å²) in [5.74, 6) is 0.889. The van der Waals surface area contributed by atoms with Crippen molar-refractivity contribution in [3.05, 3.63) is 57.7 Å². The van der Waals surface area contributed by atoms with Gasteiger partial charge in [0.1, 0.15) is 5.75 Å². The summed E-state index contributed by atoms with van der Waals surface area (Å²) >= 11 is 2.31. The molecule has 2 aromatic carbocycles. The molecule has 88 valence electrons. The van der Waals surface area contributed by atoms with E-state index >= 15 is 0 Å². The molecule has 0 heterocycles. The van der Waals surface area contributed by atoms with Gasteiger partial charge in [0.05, 0.1) is 7.11 Å². The lowest BCUT2D eigenvalue weighted by Gasteiger charge is -2.10. The van der Waals surface area contributed by atoms with Crippen molar-refractivity contribution < 1.29 is 4.74 Å². The highest BCUT2D eigenvalue weighted by atomic mass is 127. The van der Waals surface area contributed by atoms with E-state index in [2.05, 4.69) is 52.2 Å². The first-order valence-electron chi connectivity index (χ1n) is 5.41. The zero-order chi connectivity index (χ0) is 12.1. The monoisotopic (exact) mass is 339 g/mol. The van der Waals surface area contributed by atoms with Crippen LogP contribution in [0.5, 0.6) is 5.75 Å². The van der Waals surface area contributed by atoms with E-state index in [0.29, 0.717) is 0 Å². The Morgan fingerprint density at radius 1 is 1.12 bits per heavy atom. The van der Waals surface area contributed by atoms with Crippen molar-refractivity contribution >= 4 is 28.3 Å². The van der Waals surface area contributed by atoms with Gasteiger partial charge in [0.25, 0.3) is 0 Å². The Morgan fingerprint density at radius 3 is 2.53 bits per heavy atom. The van der Waals surface area contributed by atoms with Crippen molar-refractivity contribution in [1.29, 1.82) is 0 Å². The maximum atomic E-state index is 5.18. The molecule has 2 aromatic rings. The van der Waals surface area contributed by atoms with Gasteiger partial charge in [-0.25, -0.2) is 0 Å². The summed E-state index contributed by atoms with van der Waals surface area (Å²) in [4.78, 5) is 0. The molecule has 0 spiro atoms. The molecule has 0 saturated heterocycles. The molecule has 0 amide bonds. The predicted octanol–water partition coefficient (Wildman–Crippen LogP) is 3.91. The van der Waals surface area contributed by atoms with Crippen LogP contribution in [0.4, 0.5) is 5.69 Å². The zero-order valence-corrected chi connectivity index (χ0v) is 11.8. The average molecular weight is 339 g/mol. The lowest BCUT2D eigenvalue weighted by molar-refractivity contribution is 0.414. The number of methoxy groups -OCH3 is 1. The van der Waals surface area contributed by atoms with Gasteiger partial charge in [0, 0.05) is 15.8 Å². The van der Waals surface area contributed by atoms with Crippen LogP contribution in [0.3, 0.4) is 0 Å². The molecular weight excluding hydrogens is 325 g/mol. The topological polar surface area (TPSA) is 21.3 Å². The van der Waals surface area contributed by atoms with Crippen LogP contribution < -0.4 is 10.1 Å². The number of rotatable bonds is 4. The first-order chi connectivity index (χ1) is 8.29. The first kappa shape index (κ1) is 12.2. The maximum Gasteiger partial charge on any atom is 0.120 e. The Hall–Kier alpha value is -1.23. The summed E-state index contributed by atoms with van der Waals surface area (Å²) in [6.07, 6.45) is 0. The molecule has 2 rings (SSSR count). The van der Waals surface area contributed by atoms with E-state index < -0.39 is 0 Å². The smallest absolute Gasteiger partial charge is 0.120 e. The van der Waals surface area contributed by atoms with E-state index in [1.165, 1.54) is 5.56 Å². The molecule has 0 bridgehead atoms. The summed E-state index contributed by atoms with van der Waals surface area (Å²) in [5, 5.41) is 3.42. The van der Waals surface area contributed by atoms with Gasteiger partial charge in [0.2, 0.25) is 0 Å². The van der Waals surface area contributed by atoms with E-state index in [0.717, 1.165) is 21.6 Å². The minimum absolute atomic E-state index is 0.836. The molecule has 0 aromatic heterocycles. The van der Waals surface area contributed by atoms with Crippen molar-refractivity contribution in [2.24, 2.45) is 0 Å². The van der Waals surface area contributed by atoms with E-state index in [9.17, 15) is 0 Å². The third-order valence-electron chi connectivity index (χ3n) is 2.50. The number of anilines is 1. The fraction of sp³-hybridized carbons (Fsp3) is 0.143. The van der Waals surface area contributed by atoms with Gasteiger partial charge in [-0.05, 0) is 46.4 Å². The Morgan fingerprint density at radius 2 is 1.88 bits per heavy atom. The van der Waals surface area contributed by atoms with Crippen LogP contribution in [0.2, 0.25) is 0 Å². The van der Waals surface area contributed by atoms with Gasteiger partial charge in [0.15, 0.2) is 0 Å². The van der Waals surface area contributed by atoms with Crippen molar-refractivity contribution in [3.63, 3.8) is 0 Å². The Balaban J connectivity index is 2.04. The van der Waals surface area contributed by atoms with Crippen LogP contribution in [0, 0.1) is 3.57 Å². The fourth-order valence-corrected chi connectivity index (χ4v) is 2.24. The molecule has 3 heteroatoms. The molecule has 0 unspecified atom stereocenters. The standard InChI is InChI=1S/C14H14INO/c1-17-12-7-8-14(13(15)9-12)16-10-11-5-3-2-4-6-11/h2-9,16H,10H2,1H3. The number of hydrogen-bond acceptors (Lipinski definition) is 2. The number of ether oxygens (including phenoxy) is 1. The summed E-state index contributed by atoms with van der Waals surface area (Å²) in [6.45, 7) is 0.836. The Labute approximate surface area is 115 Å². The average Bonchev–Trinajstić information content (AvgIpc) is 2.38. The molecule has 0 aliphatic carbocycles. The van der Waals surface area contributed by atoms with Gasteiger partial charge >= 0.3 is 0 Å². The first-order valence-corrected chi connectivity index (χ1v) is 6.49. The molecular formula is C14H14INO. The molecule has 1 N–H and O–H groups in total. The molecule has 0 radical (unpaired) electrons. The molecule has 0 atom stereocenters. The molecule has 0 aliphatic heterocycles. The van der Waals surface area contributed by atoms with Gasteiger partial charge in [-0.2, -0.15) is 0 Å². The largest absolute Gasteiger partial charge is 0.497 e. The van der Waals surface area contributed by atoms with Crippen molar-refractivity contribution in [2.75, 3.05) is 12.4 Å². The van der Waals surface area contributed by atoms with Crippen LogP contribution in [-0.2, 0) is 6.54 Å². The molecule has 0 saturated carbocycles. The van der Waals surface area contributed by atoms with E-state index in [1.807, 2.05) is 24.3 Å². The van der Waals surface area contributed by atoms with Gasteiger partial charge in [-0.1, -0.05) is 30.3 Å². The minimum atomic E-state index is 0.836. The van der Waals surface area contributed by atoms with E-state index in [1.54, 1.807) is 7.11 Å². The van der Waals surface area contributed by atoms with Crippen LogP contribution in [0.15, 0.2) is 48.5 Å². The van der Waals surface area contributed by atoms with Gasteiger partial charge in [-0.3, -0.25) is 0 Å². The molecule has 2 nitrogen and oxygen atoms in total. The van der Waals surface area contributed by atoms with Crippen LogP contribution in [0.25, 0.3) is 0 Å². The van der Waals surface area contributed by atoms with E-state index in [4.69, 9.17) is 4.74 Å². The predicted molar refractivity (Wildman–Crippen MR) is 79.5 cm³/mol. The normalized spacial score (nSPS) is 10.0. The fourth-order valence-electron chi connectivity index (χ4n) is 1.56. The van der Waals surface area contributed by atoms with Crippen LogP contribution in [0.1, 0.15) is 5.56 Å². The van der Waals surface area contributed by atoms with Crippen molar-refractivity contribution in [2.45, 2.75) is 6.54 Å². The number of nitrogens with one attached hydrogen (secondary N) is 1. The third kappa shape index (κ3) is 3.36. The highest BCUT2D eigenvalue weighted by Gasteiger charge is 2.01. The third-order valence-corrected chi connectivity index (χ3v) is 3.39. The highest BCUT2D eigenvalue weighted by Crippen LogP contribution is 2.23. The Kier molecular flexibility index (Phi) is 4.25. The molecule has 17 heavy (non-hydrogen) atoms. The summed E-state index contributed by atoms with van der Waals surface area (Å²) in [5.41, 5.74) is 2.41. The number of benzene rings is 2. The maximum absolute atomic E-state index is 5.18. The SMILES string of the molecule is COc1ccc(NCc2ccccc2)c(I)c1. The zero-order valence-electron chi connectivity index (χ0n) is 9.61. The van der Waals surface area contributed by atoms with Crippen LogP contribution >= 0.6 is 22.6 Å². The lowest BCUT2D eigenvalue weighted by Crippen LogP contribution is -2.00. The van der Waals surface area contributed by atoms with Crippen molar-refractivity contribution in [3.8, 4) is 5.75 Å². The van der Waals surface area contributed by atoms with Gasteiger partial charge in [-0.15, -0.1) is 0 Å². The second kappa shape index (κ2) is 5.91. The molecule has 0 aliphatic rings. The molecule has 0 fully saturated rings. The minimum Gasteiger partial charge on any atom is -0.497 e. The van der Waals surface area contributed by atoms with Crippen molar-refractivity contribution in [1.82, 2.24) is 0 Å². The Bertz CT molecular complexity index is 485. The number of hydrogen-bond donors (Lipinski definition) is 1. The summed E-state index contributed by atoms with van der Waals surface area (Å²) in [7, 11) is 1.68. The second-order valence-corrected chi connectivity index (χ2v) is 4.85. The summed E-state index contributed by atoms with van der Waals surface area (Å²) < 4.78 is 6.34.